The number of fused-ring (bicyclic) bond motifs is 1. The number of nitrogens with zero attached hydrogens (tertiary/aromatic N) is 2. The molecule has 0 spiro atoms. The molecule has 0 atom stereocenters. The third kappa shape index (κ3) is 5.58. The number of para-hydroxylation sites is 1. The Labute approximate surface area is 182 Å². The lowest BCUT2D eigenvalue weighted by atomic mass is 10.2. The molecule has 5 nitrogen and oxygen atoms in total. The number of hydrogen-bond acceptors (Lipinski definition) is 5. The summed E-state index contributed by atoms with van der Waals surface area (Å²) in [4.78, 5) is 18.8. The minimum atomic E-state index is 0.0491. The van der Waals surface area contributed by atoms with Gasteiger partial charge in [-0.05, 0) is 49.1 Å². The van der Waals surface area contributed by atoms with Crippen molar-refractivity contribution in [2.45, 2.75) is 45.7 Å². The molecule has 158 valence electrons. The Morgan fingerprint density at radius 2 is 1.97 bits per heavy atom. The van der Waals surface area contributed by atoms with E-state index in [0.717, 1.165) is 42.0 Å². The fourth-order valence-electron chi connectivity index (χ4n) is 3.42. The number of amides is 1. The molecule has 3 aromatic rings. The molecule has 1 aliphatic rings. The Morgan fingerprint density at radius 1 is 1.20 bits per heavy atom. The highest BCUT2D eigenvalue weighted by atomic mass is 32.1. The van der Waals surface area contributed by atoms with Crippen LogP contribution in [0, 0.1) is 5.92 Å². The molecule has 1 amide bonds. The van der Waals surface area contributed by atoms with Gasteiger partial charge in [0.1, 0.15) is 5.75 Å². The van der Waals surface area contributed by atoms with Crippen molar-refractivity contribution >= 4 is 27.5 Å². The first-order chi connectivity index (χ1) is 14.6. The Balaban J connectivity index is 1.29. The minimum Gasteiger partial charge on any atom is -0.431 e. The van der Waals surface area contributed by atoms with Crippen molar-refractivity contribution in [2.24, 2.45) is 5.92 Å². The van der Waals surface area contributed by atoms with Crippen LogP contribution < -0.4 is 10.1 Å². The molecular weight excluding hydrogens is 394 g/mol. The van der Waals surface area contributed by atoms with E-state index in [9.17, 15) is 4.79 Å². The zero-order chi connectivity index (χ0) is 20.9. The van der Waals surface area contributed by atoms with Crippen LogP contribution in [0.3, 0.4) is 0 Å². The number of thiazole rings is 1. The molecular formula is C24H29N3O2S. The fraction of sp³-hybridized carbons (Fsp3) is 0.417. The number of benzene rings is 2. The third-order valence-electron chi connectivity index (χ3n) is 5.30. The Bertz CT molecular complexity index is 947. The molecule has 2 aromatic carbocycles. The summed E-state index contributed by atoms with van der Waals surface area (Å²) >= 11 is 1.56. The highest BCUT2D eigenvalue weighted by Gasteiger charge is 2.28. The van der Waals surface area contributed by atoms with Crippen molar-refractivity contribution in [1.29, 1.82) is 0 Å². The average Bonchev–Trinajstić information content (AvgIpc) is 3.50. The molecule has 0 saturated heterocycles. The molecule has 1 heterocycles. The van der Waals surface area contributed by atoms with Crippen LogP contribution in [0.2, 0.25) is 0 Å². The number of aromatic nitrogens is 1. The van der Waals surface area contributed by atoms with Crippen molar-refractivity contribution in [3.63, 3.8) is 0 Å². The van der Waals surface area contributed by atoms with Crippen LogP contribution in [0.1, 0.15) is 38.7 Å². The smallest absolute Gasteiger partial charge is 0.279 e. The molecule has 6 heteroatoms. The molecule has 1 aromatic heterocycles. The van der Waals surface area contributed by atoms with Gasteiger partial charge in [0.15, 0.2) is 0 Å². The van der Waals surface area contributed by atoms with E-state index in [-0.39, 0.29) is 11.8 Å². The van der Waals surface area contributed by atoms with Gasteiger partial charge in [0.25, 0.3) is 5.19 Å². The number of carbonyl (C=O) groups excluding carboxylic acids is 1. The van der Waals surface area contributed by atoms with Gasteiger partial charge in [-0.15, -0.1) is 0 Å². The van der Waals surface area contributed by atoms with Gasteiger partial charge in [0, 0.05) is 31.6 Å². The number of rotatable bonds is 10. The third-order valence-corrected chi connectivity index (χ3v) is 6.21. The molecule has 4 rings (SSSR count). The topological polar surface area (TPSA) is 54.5 Å². The summed E-state index contributed by atoms with van der Waals surface area (Å²) in [6.07, 6.45) is 3.53. The summed E-state index contributed by atoms with van der Waals surface area (Å²) in [5, 5.41) is 3.69. The van der Waals surface area contributed by atoms with Gasteiger partial charge in [-0.3, -0.25) is 9.69 Å². The summed E-state index contributed by atoms with van der Waals surface area (Å²) in [6, 6.07) is 17.1. The predicted molar refractivity (Wildman–Crippen MR) is 122 cm³/mol. The molecule has 0 radical (unpaired) electrons. The van der Waals surface area contributed by atoms with Gasteiger partial charge in [-0.25, -0.2) is 4.98 Å². The molecule has 1 N–H and O–H groups in total. The zero-order valence-electron chi connectivity index (χ0n) is 17.6. The van der Waals surface area contributed by atoms with Crippen LogP contribution in [0.4, 0.5) is 0 Å². The summed E-state index contributed by atoms with van der Waals surface area (Å²) < 4.78 is 7.09. The monoisotopic (exact) mass is 423 g/mol. The van der Waals surface area contributed by atoms with Crippen LogP contribution in [0.25, 0.3) is 10.2 Å². The number of ether oxygens (including phenoxy) is 1. The molecule has 1 fully saturated rings. The van der Waals surface area contributed by atoms with E-state index < -0.39 is 0 Å². The number of carbonyl (C=O) groups is 1. The van der Waals surface area contributed by atoms with Gasteiger partial charge >= 0.3 is 0 Å². The van der Waals surface area contributed by atoms with E-state index in [1.54, 1.807) is 11.3 Å². The molecule has 1 saturated carbocycles. The van der Waals surface area contributed by atoms with Crippen LogP contribution in [-0.2, 0) is 11.3 Å². The highest BCUT2D eigenvalue weighted by molar-refractivity contribution is 7.20. The fourth-order valence-corrected chi connectivity index (χ4v) is 4.26. The SMILES string of the molecule is CC(C)C(=O)NCCCN(Cc1ccc(Oc2nc3ccccc3s2)cc1)C1CC1. The van der Waals surface area contributed by atoms with Gasteiger partial charge in [0.05, 0.1) is 10.2 Å². The van der Waals surface area contributed by atoms with Crippen LogP contribution >= 0.6 is 11.3 Å². The van der Waals surface area contributed by atoms with E-state index in [1.165, 1.54) is 18.4 Å². The minimum absolute atomic E-state index is 0.0491. The molecule has 0 bridgehead atoms. The number of nitrogens with one attached hydrogen (secondary N) is 1. The largest absolute Gasteiger partial charge is 0.431 e. The van der Waals surface area contributed by atoms with Crippen molar-refractivity contribution in [1.82, 2.24) is 15.2 Å². The molecule has 30 heavy (non-hydrogen) atoms. The quantitative estimate of drug-likeness (QED) is 0.455. The van der Waals surface area contributed by atoms with Crippen molar-refractivity contribution in [3.05, 3.63) is 54.1 Å². The van der Waals surface area contributed by atoms with Crippen molar-refractivity contribution < 1.29 is 9.53 Å². The van der Waals surface area contributed by atoms with Crippen LogP contribution in [-0.4, -0.2) is 34.9 Å². The highest BCUT2D eigenvalue weighted by Crippen LogP contribution is 2.32. The molecule has 0 unspecified atom stereocenters. The van der Waals surface area contributed by atoms with Gasteiger partial charge in [0.2, 0.25) is 5.91 Å². The first-order valence-electron chi connectivity index (χ1n) is 10.7. The molecule has 0 aliphatic heterocycles. The van der Waals surface area contributed by atoms with E-state index in [4.69, 9.17) is 4.74 Å². The maximum Gasteiger partial charge on any atom is 0.279 e. The van der Waals surface area contributed by atoms with Gasteiger partial charge in [-0.2, -0.15) is 0 Å². The lowest BCUT2D eigenvalue weighted by molar-refractivity contribution is -0.123. The summed E-state index contributed by atoms with van der Waals surface area (Å²) in [7, 11) is 0. The van der Waals surface area contributed by atoms with Crippen molar-refractivity contribution in [3.8, 4) is 10.9 Å². The Morgan fingerprint density at radius 3 is 2.67 bits per heavy atom. The van der Waals surface area contributed by atoms with Gasteiger partial charge in [-0.1, -0.05) is 49.4 Å². The van der Waals surface area contributed by atoms with E-state index in [2.05, 4.69) is 33.4 Å². The van der Waals surface area contributed by atoms with E-state index >= 15 is 0 Å². The standard InChI is InChI=1S/C24H29N3O2S/c1-17(2)23(28)25-14-5-15-27(19-10-11-19)16-18-8-12-20(13-9-18)29-24-26-21-6-3-4-7-22(21)30-24/h3-4,6-9,12-13,17,19H,5,10-11,14-16H2,1-2H3,(H,25,28). The maximum atomic E-state index is 11.7. The lowest BCUT2D eigenvalue weighted by Crippen LogP contribution is -2.32. The van der Waals surface area contributed by atoms with E-state index in [1.807, 2.05) is 44.2 Å². The summed E-state index contributed by atoms with van der Waals surface area (Å²) in [5.74, 6) is 0.997. The first-order valence-corrected chi connectivity index (χ1v) is 11.5. The van der Waals surface area contributed by atoms with E-state index in [0.29, 0.717) is 11.2 Å². The number of hydrogen-bond donors (Lipinski definition) is 1. The Hall–Kier alpha value is -2.44. The first kappa shape index (κ1) is 20.8. The zero-order valence-corrected chi connectivity index (χ0v) is 18.5. The van der Waals surface area contributed by atoms with Crippen molar-refractivity contribution in [2.75, 3.05) is 13.1 Å². The Kier molecular flexibility index (Phi) is 6.65. The lowest BCUT2D eigenvalue weighted by Gasteiger charge is -2.22. The maximum absolute atomic E-state index is 11.7. The summed E-state index contributed by atoms with van der Waals surface area (Å²) in [6.45, 7) is 6.54. The molecule has 1 aliphatic carbocycles. The van der Waals surface area contributed by atoms with Crippen LogP contribution in [0.5, 0.6) is 10.9 Å². The second kappa shape index (κ2) is 9.58. The second-order valence-corrected chi connectivity index (χ2v) is 9.19. The predicted octanol–water partition coefficient (Wildman–Crippen LogP) is 5.22. The average molecular weight is 424 g/mol. The normalized spacial score (nSPS) is 13.9. The second-order valence-electron chi connectivity index (χ2n) is 8.19. The summed E-state index contributed by atoms with van der Waals surface area (Å²) in [5.41, 5.74) is 2.25. The van der Waals surface area contributed by atoms with Crippen LogP contribution in [0.15, 0.2) is 48.5 Å². The van der Waals surface area contributed by atoms with Gasteiger partial charge < -0.3 is 10.1 Å².